The van der Waals surface area contributed by atoms with Gasteiger partial charge in [0.2, 0.25) is 0 Å². The number of anilines is 2. The Hall–Kier alpha value is -1.73. The van der Waals surface area contributed by atoms with Gasteiger partial charge in [-0.3, -0.25) is 0 Å². The normalized spacial score (nSPS) is 11.8. The van der Waals surface area contributed by atoms with Gasteiger partial charge in [0.05, 0.1) is 12.2 Å². The highest BCUT2D eigenvalue weighted by Gasteiger charge is 2.06. The molecule has 0 heterocycles. The molecule has 0 spiro atoms. The van der Waals surface area contributed by atoms with Crippen LogP contribution >= 0.6 is 0 Å². The standard InChI is InChI=1S/C12H17N3O/c1-3-10(8-16-2)15-11-4-5-12(14)9(6-11)7-13/h4-6,10,15H,3,8,14H2,1-2H3. The number of hydrogen-bond donors (Lipinski definition) is 2. The number of nitriles is 1. The molecule has 0 saturated carbocycles. The third kappa shape index (κ3) is 3.14. The van der Waals surface area contributed by atoms with Crippen LogP contribution in [0.1, 0.15) is 18.9 Å². The lowest BCUT2D eigenvalue weighted by atomic mass is 10.1. The summed E-state index contributed by atoms with van der Waals surface area (Å²) in [4.78, 5) is 0. The Morgan fingerprint density at radius 2 is 2.31 bits per heavy atom. The second-order valence-electron chi connectivity index (χ2n) is 3.62. The van der Waals surface area contributed by atoms with Crippen molar-refractivity contribution in [3.8, 4) is 6.07 Å². The zero-order valence-corrected chi connectivity index (χ0v) is 9.66. The lowest BCUT2D eigenvalue weighted by Gasteiger charge is -2.17. The van der Waals surface area contributed by atoms with Crippen molar-refractivity contribution in [2.24, 2.45) is 0 Å². The van der Waals surface area contributed by atoms with E-state index in [9.17, 15) is 0 Å². The summed E-state index contributed by atoms with van der Waals surface area (Å²) in [6, 6.07) is 7.68. The van der Waals surface area contributed by atoms with Crippen molar-refractivity contribution in [1.29, 1.82) is 5.26 Å². The van der Waals surface area contributed by atoms with E-state index in [1.165, 1.54) is 0 Å². The molecular weight excluding hydrogens is 202 g/mol. The highest BCUT2D eigenvalue weighted by Crippen LogP contribution is 2.18. The fraction of sp³-hybridized carbons (Fsp3) is 0.417. The van der Waals surface area contributed by atoms with Gasteiger partial charge in [0.1, 0.15) is 6.07 Å². The number of nitrogens with zero attached hydrogens (tertiary/aromatic N) is 1. The zero-order chi connectivity index (χ0) is 12.0. The summed E-state index contributed by atoms with van der Waals surface area (Å²) >= 11 is 0. The fourth-order valence-electron chi connectivity index (χ4n) is 1.44. The lowest BCUT2D eigenvalue weighted by Crippen LogP contribution is -2.23. The largest absolute Gasteiger partial charge is 0.398 e. The number of rotatable bonds is 5. The summed E-state index contributed by atoms with van der Waals surface area (Å²) < 4.78 is 5.10. The molecule has 0 fully saturated rings. The van der Waals surface area contributed by atoms with E-state index in [4.69, 9.17) is 15.7 Å². The van der Waals surface area contributed by atoms with Crippen LogP contribution in [0.3, 0.4) is 0 Å². The highest BCUT2D eigenvalue weighted by atomic mass is 16.5. The lowest BCUT2D eigenvalue weighted by molar-refractivity contribution is 0.184. The summed E-state index contributed by atoms with van der Waals surface area (Å²) in [6.45, 7) is 2.72. The van der Waals surface area contributed by atoms with Crippen LogP contribution < -0.4 is 11.1 Å². The van der Waals surface area contributed by atoms with Crippen LogP contribution in [-0.2, 0) is 4.74 Å². The molecular formula is C12H17N3O. The van der Waals surface area contributed by atoms with Crippen LogP contribution in [-0.4, -0.2) is 19.8 Å². The molecule has 0 aliphatic carbocycles. The number of ether oxygens (including phenoxy) is 1. The molecule has 1 aromatic carbocycles. The van der Waals surface area contributed by atoms with E-state index in [2.05, 4.69) is 18.3 Å². The molecule has 4 nitrogen and oxygen atoms in total. The predicted octanol–water partition coefficient (Wildman–Crippen LogP) is 1.98. The Bertz CT molecular complexity index is 384. The molecule has 0 radical (unpaired) electrons. The van der Waals surface area contributed by atoms with Gasteiger partial charge < -0.3 is 15.8 Å². The van der Waals surface area contributed by atoms with E-state index in [0.717, 1.165) is 12.1 Å². The Morgan fingerprint density at radius 3 is 2.88 bits per heavy atom. The predicted molar refractivity (Wildman–Crippen MR) is 65.1 cm³/mol. The minimum absolute atomic E-state index is 0.250. The van der Waals surface area contributed by atoms with Gasteiger partial charge in [-0.25, -0.2) is 0 Å². The van der Waals surface area contributed by atoms with E-state index in [0.29, 0.717) is 17.9 Å². The minimum atomic E-state index is 0.250. The summed E-state index contributed by atoms with van der Waals surface area (Å²) in [5.41, 5.74) is 7.55. The van der Waals surface area contributed by atoms with Crippen molar-refractivity contribution in [2.45, 2.75) is 19.4 Å². The number of benzene rings is 1. The third-order valence-corrected chi connectivity index (χ3v) is 2.41. The summed E-state index contributed by atoms with van der Waals surface area (Å²) in [6.07, 6.45) is 0.958. The van der Waals surface area contributed by atoms with Crippen LogP contribution in [0.5, 0.6) is 0 Å². The maximum absolute atomic E-state index is 8.86. The highest BCUT2D eigenvalue weighted by molar-refractivity contribution is 5.62. The molecule has 1 atom stereocenters. The SMILES string of the molecule is CCC(COC)Nc1ccc(N)c(C#N)c1. The van der Waals surface area contributed by atoms with Gasteiger partial charge in [0.25, 0.3) is 0 Å². The average Bonchev–Trinajstić information content (AvgIpc) is 2.30. The molecule has 0 amide bonds. The van der Waals surface area contributed by atoms with Crippen LogP contribution in [0.25, 0.3) is 0 Å². The summed E-state index contributed by atoms with van der Waals surface area (Å²) in [5.74, 6) is 0. The zero-order valence-electron chi connectivity index (χ0n) is 9.66. The molecule has 3 N–H and O–H groups in total. The van der Waals surface area contributed by atoms with E-state index in [-0.39, 0.29) is 6.04 Å². The second kappa shape index (κ2) is 5.99. The fourth-order valence-corrected chi connectivity index (χ4v) is 1.44. The van der Waals surface area contributed by atoms with Crippen LogP contribution in [0, 0.1) is 11.3 Å². The first-order valence-electron chi connectivity index (χ1n) is 5.26. The average molecular weight is 219 g/mol. The molecule has 0 aliphatic rings. The van der Waals surface area contributed by atoms with Gasteiger partial charge >= 0.3 is 0 Å². The number of nitrogens with two attached hydrogens (primary N) is 1. The quantitative estimate of drug-likeness (QED) is 0.743. The molecule has 1 aromatic rings. The molecule has 0 aromatic heterocycles. The van der Waals surface area contributed by atoms with Gasteiger partial charge in [-0.1, -0.05) is 6.92 Å². The first kappa shape index (κ1) is 12.3. The van der Waals surface area contributed by atoms with Crippen molar-refractivity contribution in [2.75, 3.05) is 24.8 Å². The molecule has 1 rings (SSSR count). The Labute approximate surface area is 96.0 Å². The van der Waals surface area contributed by atoms with Crippen LogP contribution in [0.2, 0.25) is 0 Å². The Morgan fingerprint density at radius 1 is 1.56 bits per heavy atom. The van der Waals surface area contributed by atoms with E-state index in [1.54, 1.807) is 19.2 Å². The van der Waals surface area contributed by atoms with Gasteiger partial charge in [-0.15, -0.1) is 0 Å². The van der Waals surface area contributed by atoms with Crippen molar-refractivity contribution >= 4 is 11.4 Å². The number of nitrogen functional groups attached to an aromatic ring is 1. The van der Waals surface area contributed by atoms with E-state index < -0.39 is 0 Å². The molecule has 1 unspecified atom stereocenters. The number of nitrogens with one attached hydrogen (secondary N) is 1. The van der Waals surface area contributed by atoms with Crippen LogP contribution in [0.4, 0.5) is 11.4 Å². The summed E-state index contributed by atoms with van der Waals surface area (Å²) in [7, 11) is 1.67. The van der Waals surface area contributed by atoms with Crippen LogP contribution in [0.15, 0.2) is 18.2 Å². The van der Waals surface area contributed by atoms with Gasteiger partial charge in [-0.2, -0.15) is 5.26 Å². The Balaban J connectivity index is 2.77. The second-order valence-corrected chi connectivity index (χ2v) is 3.62. The minimum Gasteiger partial charge on any atom is -0.398 e. The maximum Gasteiger partial charge on any atom is 0.101 e. The first-order valence-corrected chi connectivity index (χ1v) is 5.26. The van der Waals surface area contributed by atoms with Crippen molar-refractivity contribution in [3.05, 3.63) is 23.8 Å². The first-order chi connectivity index (χ1) is 7.71. The van der Waals surface area contributed by atoms with Gasteiger partial charge in [-0.05, 0) is 24.6 Å². The smallest absolute Gasteiger partial charge is 0.101 e. The van der Waals surface area contributed by atoms with Crippen molar-refractivity contribution < 1.29 is 4.74 Å². The van der Waals surface area contributed by atoms with E-state index >= 15 is 0 Å². The third-order valence-electron chi connectivity index (χ3n) is 2.41. The Kier molecular flexibility index (Phi) is 4.62. The molecule has 86 valence electrons. The molecule has 0 saturated heterocycles. The van der Waals surface area contributed by atoms with E-state index in [1.807, 2.05) is 6.07 Å². The topological polar surface area (TPSA) is 71.1 Å². The molecule has 0 aliphatic heterocycles. The van der Waals surface area contributed by atoms with Gasteiger partial charge in [0, 0.05) is 24.5 Å². The monoisotopic (exact) mass is 219 g/mol. The molecule has 4 heteroatoms. The number of methoxy groups -OCH3 is 1. The molecule has 0 bridgehead atoms. The van der Waals surface area contributed by atoms with Crippen molar-refractivity contribution in [3.63, 3.8) is 0 Å². The van der Waals surface area contributed by atoms with Gasteiger partial charge in [0.15, 0.2) is 0 Å². The summed E-state index contributed by atoms with van der Waals surface area (Å²) in [5, 5.41) is 12.2. The molecule has 16 heavy (non-hydrogen) atoms. The maximum atomic E-state index is 8.86. The number of hydrogen-bond acceptors (Lipinski definition) is 4. The van der Waals surface area contributed by atoms with Crippen molar-refractivity contribution in [1.82, 2.24) is 0 Å².